The van der Waals surface area contributed by atoms with Crippen molar-refractivity contribution in [3.8, 4) is 0 Å². The Morgan fingerprint density at radius 1 is 1.29 bits per heavy atom. The summed E-state index contributed by atoms with van der Waals surface area (Å²) in [5.74, 6) is 3.28. The number of rotatable bonds is 6. The van der Waals surface area contributed by atoms with Gasteiger partial charge in [0.1, 0.15) is 0 Å². The fourth-order valence-corrected chi connectivity index (χ4v) is 4.07. The van der Waals surface area contributed by atoms with Gasteiger partial charge in [-0.3, -0.25) is 0 Å². The van der Waals surface area contributed by atoms with Crippen molar-refractivity contribution in [2.24, 2.45) is 11.3 Å². The van der Waals surface area contributed by atoms with Gasteiger partial charge in [0.25, 0.3) is 0 Å². The van der Waals surface area contributed by atoms with Gasteiger partial charge >= 0.3 is 0 Å². The molecule has 0 radical (unpaired) electrons. The van der Waals surface area contributed by atoms with Crippen LogP contribution in [0.4, 0.5) is 0 Å². The van der Waals surface area contributed by atoms with E-state index in [2.05, 4.69) is 67.5 Å². The second kappa shape index (κ2) is 7.13. The number of halogens is 1. The first-order valence-electron chi connectivity index (χ1n) is 5.16. The Balaban J connectivity index is 3.64. The third-order valence-corrected chi connectivity index (χ3v) is 4.30. The van der Waals surface area contributed by atoms with Crippen molar-refractivity contribution in [3.05, 3.63) is 0 Å². The molecule has 0 aromatic carbocycles. The molecule has 0 aromatic rings. The molecule has 1 nitrogen and oxygen atoms in total. The molecule has 0 spiro atoms. The monoisotopic (exact) mass is 281 g/mol. The van der Waals surface area contributed by atoms with Gasteiger partial charge in [-0.15, -0.1) is 0 Å². The van der Waals surface area contributed by atoms with E-state index in [9.17, 15) is 0 Å². The van der Waals surface area contributed by atoms with Crippen molar-refractivity contribution in [1.82, 2.24) is 4.90 Å². The molecular formula is C11H24BrNS. The van der Waals surface area contributed by atoms with E-state index in [1.165, 1.54) is 18.1 Å². The van der Waals surface area contributed by atoms with E-state index in [-0.39, 0.29) is 0 Å². The van der Waals surface area contributed by atoms with E-state index in [4.69, 9.17) is 0 Å². The summed E-state index contributed by atoms with van der Waals surface area (Å²) in [4.78, 5) is 2.24. The summed E-state index contributed by atoms with van der Waals surface area (Å²) in [6.07, 6.45) is 0. The van der Waals surface area contributed by atoms with Crippen LogP contribution in [0.3, 0.4) is 0 Å². The van der Waals surface area contributed by atoms with E-state index < -0.39 is 0 Å². The molecule has 0 aliphatic rings. The smallest absolute Gasteiger partial charge is 0.00725 e. The van der Waals surface area contributed by atoms with Gasteiger partial charge < -0.3 is 4.90 Å². The van der Waals surface area contributed by atoms with E-state index >= 15 is 0 Å². The quantitative estimate of drug-likeness (QED) is 0.543. The van der Waals surface area contributed by atoms with Gasteiger partial charge in [0, 0.05) is 17.6 Å². The first-order valence-corrected chi connectivity index (χ1v) is 7.44. The van der Waals surface area contributed by atoms with E-state index in [0.29, 0.717) is 5.41 Å². The van der Waals surface area contributed by atoms with Crippen molar-refractivity contribution in [2.45, 2.75) is 20.8 Å². The fourth-order valence-electron chi connectivity index (χ4n) is 0.999. The summed E-state index contributed by atoms with van der Waals surface area (Å²) in [5, 5.41) is 1.12. The second-order valence-corrected chi connectivity index (χ2v) is 6.89. The third kappa shape index (κ3) is 7.13. The van der Waals surface area contributed by atoms with Crippen LogP contribution in [0.2, 0.25) is 0 Å². The highest BCUT2D eigenvalue weighted by molar-refractivity contribution is 9.09. The average Bonchev–Trinajstić information content (AvgIpc) is 2.01. The third-order valence-electron chi connectivity index (χ3n) is 2.41. The van der Waals surface area contributed by atoms with Crippen LogP contribution >= 0.6 is 27.7 Å². The molecule has 1 atom stereocenters. The van der Waals surface area contributed by atoms with Crippen LogP contribution in [0.1, 0.15) is 20.8 Å². The summed E-state index contributed by atoms with van der Waals surface area (Å²) >= 11 is 5.68. The predicted molar refractivity (Wildman–Crippen MR) is 72.6 cm³/mol. The first-order chi connectivity index (χ1) is 6.38. The van der Waals surface area contributed by atoms with Crippen LogP contribution in [0.5, 0.6) is 0 Å². The summed E-state index contributed by atoms with van der Waals surface area (Å²) < 4.78 is 0. The lowest BCUT2D eigenvalue weighted by atomic mass is 9.83. The molecule has 0 N–H and O–H groups in total. The Bertz CT molecular complexity index is 143. The Morgan fingerprint density at radius 3 is 2.21 bits per heavy atom. The normalized spacial score (nSPS) is 14.8. The molecule has 86 valence electrons. The molecule has 0 bridgehead atoms. The van der Waals surface area contributed by atoms with Crippen LogP contribution in [-0.4, -0.2) is 42.4 Å². The van der Waals surface area contributed by atoms with E-state index in [0.717, 1.165) is 11.2 Å². The van der Waals surface area contributed by atoms with Crippen molar-refractivity contribution in [1.29, 1.82) is 0 Å². The largest absolute Gasteiger partial charge is 0.309 e. The molecule has 0 heterocycles. The Kier molecular flexibility index (Phi) is 7.53. The van der Waals surface area contributed by atoms with Gasteiger partial charge in [0.05, 0.1) is 0 Å². The number of thioether (sulfide) groups is 1. The van der Waals surface area contributed by atoms with Crippen LogP contribution in [0.25, 0.3) is 0 Å². The zero-order chi connectivity index (χ0) is 11.2. The SMILES string of the molecule is CN(C)CCSCC(CBr)C(C)(C)C. The summed E-state index contributed by atoms with van der Waals surface area (Å²) in [5.41, 5.74) is 0.425. The number of alkyl halides is 1. The minimum absolute atomic E-state index is 0.425. The molecule has 14 heavy (non-hydrogen) atoms. The molecule has 0 aromatic heterocycles. The number of hydrogen-bond acceptors (Lipinski definition) is 2. The molecule has 0 saturated heterocycles. The average molecular weight is 282 g/mol. The second-order valence-electron chi connectivity index (χ2n) is 5.10. The molecule has 0 aliphatic heterocycles. The zero-order valence-corrected chi connectivity index (χ0v) is 12.5. The van der Waals surface area contributed by atoms with Gasteiger partial charge in [-0.1, -0.05) is 36.7 Å². The fraction of sp³-hybridized carbons (Fsp3) is 1.00. The summed E-state index contributed by atoms with van der Waals surface area (Å²) in [6.45, 7) is 8.16. The molecular weight excluding hydrogens is 258 g/mol. The highest BCUT2D eigenvalue weighted by atomic mass is 79.9. The van der Waals surface area contributed by atoms with Crippen molar-refractivity contribution >= 4 is 27.7 Å². The van der Waals surface area contributed by atoms with Crippen LogP contribution in [-0.2, 0) is 0 Å². The first kappa shape index (κ1) is 14.8. The molecule has 0 fully saturated rings. The van der Waals surface area contributed by atoms with Crippen molar-refractivity contribution < 1.29 is 0 Å². The maximum absolute atomic E-state index is 3.61. The molecule has 3 heteroatoms. The maximum atomic E-state index is 3.61. The molecule has 0 saturated carbocycles. The molecule has 1 unspecified atom stereocenters. The predicted octanol–water partition coefficient (Wildman–Crippen LogP) is 3.34. The topological polar surface area (TPSA) is 3.24 Å². The lowest BCUT2D eigenvalue weighted by Crippen LogP contribution is -2.25. The molecule has 0 amide bonds. The van der Waals surface area contributed by atoms with Crippen LogP contribution in [0, 0.1) is 11.3 Å². The highest BCUT2D eigenvalue weighted by Crippen LogP contribution is 2.30. The van der Waals surface area contributed by atoms with Crippen molar-refractivity contribution in [3.63, 3.8) is 0 Å². The Labute approximate surface area is 102 Å². The van der Waals surface area contributed by atoms with E-state index in [1.807, 2.05) is 0 Å². The lowest BCUT2D eigenvalue weighted by molar-refractivity contribution is 0.295. The highest BCUT2D eigenvalue weighted by Gasteiger charge is 2.22. The lowest BCUT2D eigenvalue weighted by Gasteiger charge is -2.29. The summed E-state index contributed by atoms with van der Waals surface area (Å²) in [7, 11) is 4.26. The van der Waals surface area contributed by atoms with Gasteiger partial charge in [0.15, 0.2) is 0 Å². The van der Waals surface area contributed by atoms with Crippen molar-refractivity contribution in [2.75, 3.05) is 37.5 Å². The minimum atomic E-state index is 0.425. The van der Waals surface area contributed by atoms with Crippen LogP contribution in [0.15, 0.2) is 0 Å². The number of nitrogens with zero attached hydrogens (tertiary/aromatic N) is 1. The zero-order valence-electron chi connectivity index (χ0n) is 10.1. The summed E-state index contributed by atoms with van der Waals surface area (Å²) in [6, 6.07) is 0. The van der Waals surface area contributed by atoms with Gasteiger partial charge in [-0.05, 0) is 31.2 Å². The minimum Gasteiger partial charge on any atom is -0.309 e. The van der Waals surface area contributed by atoms with Crippen LogP contribution < -0.4 is 0 Å². The Morgan fingerprint density at radius 2 is 1.86 bits per heavy atom. The van der Waals surface area contributed by atoms with Gasteiger partial charge in [-0.25, -0.2) is 0 Å². The number of hydrogen-bond donors (Lipinski definition) is 0. The maximum Gasteiger partial charge on any atom is 0.00725 e. The molecule has 0 aliphatic carbocycles. The standard InChI is InChI=1S/C11H24BrNS/c1-11(2,3)10(8-12)9-14-7-6-13(4)5/h10H,6-9H2,1-5H3. The van der Waals surface area contributed by atoms with E-state index in [1.54, 1.807) is 0 Å². The van der Waals surface area contributed by atoms with Gasteiger partial charge in [0.2, 0.25) is 0 Å². The van der Waals surface area contributed by atoms with Gasteiger partial charge in [-0.2, -0.15) is 11.8 Å². The molecule has 0 rings (SSSR count). The Hall–Kier alpha value is 0.790.